The van der Waals surface area contributed by atoms with Crippen LogP contribution in [0.3, 0.4) is 0 Å². The van der Waals surface area contributed by atoms with Crippen molar-refractivity contribution in [1.29, 1.82) is 0 Å². The van der Waals surface area contributed by atoms with Crippen LogP contribution >= 0.6 is 15.9 Å². The molecule has 0 unspecified atom stereocenters. The van der Waals surface area contributed by atoms with E-state index in [-0.39, 0.29) is 5.91 Å². The Kier molecular flexibility index (Phi) is 4.89. The maximum Gasteiger partial charge on any atom is 0.366 e. The quantitative estimate of drug-likeness (QED) is 0.615. The Labute approximate surface area is 125 Å². The first-order chi connectivity index (χ1) is 9.58. The molecule has 1 aromatic carbocycles. The predicted molar refractivity (Wildman–Crippen MR) is 78.5 cm³/mol. The fourth-order valence-corrected chi connectivity index (χ4v) is 2.40. The molecule has 1 heterocycles. The topological polar surface area (TPSA) is 59.0 Å². The second-order valence-electron chi connectivity index (χ2n) is 4.52. The molecule has 0 aliphatic carbocycles. The fraction of sp³-hybridized carbons (Fsp3) is 0.357. The van der Waals surface area contributed by atoms with E-state index in [2.05, 4.69) is 21.1 Å². The van der Waals surface area contributed by atoms with Gasteiger partial charge >= 0.3 is 5.97 Å². The molecule has 106 valence electrons. The summed E-state index contributed by atoms with van der Waals surface area (Å²) in [6.45, 7) is 2.80. The SMILES string of the molecule is CC(=O)N1CCC(=NOC(=O)c2ccccc2Br)CC1. The molecule has 0 spiro atoms. The number of carbonyl (C=O) groups excluding carboxylic acids is 2. The van der Waals surface area contributed by atoms with Gasteiger partial charge in [0.05, 0.1) is 11.3 Å². The van der Waals surface area contributed by atoms with Gasteiger partial charge in [0.15, 0.2) is 0 Å². The Morgan fingerprint density at radius 1 is 1.25 bits per heavy atom. The zero-order valence-corrected chi connectivity index (χ0v) is 12.7. The zero-order valence-electron chi connectivity index (χ0n) is 11.1. The smallest absolute Gasteiger partial charge is 0.342 e. The molecule has 0 aromatic heterocycles. The summed E-state index contributed by atoms with van der Waals surface area (Å²) in [7, 11) is 0. The van der Waals surface area contributed by atoms with Crippen molar-refractivity contribution in [3.63, 3.8) is 0 Å². The van der Waals surface area contributed by atoms with Gasteiger partial charge in [0.2, 0.25) is 5.91 Å². The first kappa shape index (κ1) is 14.7. The van der Waals surface area contributed by atoms with E-state index in [1.165, 1.54) is 0 Å². The standard InChI is InChI=1S/C14H15BrN2O3/c1-10(18)17-8-6-11(7-9-17)16-20-14(19)12-4-2-3-5-13(12)15/h2-5H,6-9H2,1H3. The molecule has 1 aliphatic heterocycles. The molecular formula is C14H15BrN2O3. The third kappa shape index (κ3) is 3.66. The summed E-state index contributed by atoms with van der Waals surface area (Å²) < 4.78 is 0.677. The summed E-state index contributed by atoms with van der Waals surface area (Å²) in [5.74, 6) is -0.423. The highest BCUT2D eigenvalue weighted by Gasteiger charge is 2.18. The second-order valence-corrected chi connectivity index (χ2v) is 5.38. The number of likely N-dealkylation sites (tertiary alicyclic amines) is 1. The van der Waals surface area contributed by atoms with E-state index in [1.54, 1.807) is 30.0 Å². The minimum Gasteiger partial charge on any atom is -0.342 e. The number of benzene rings is 1. The van der Waals surface area contributed by atoms with Gasteiger partial charge in [-0.25, -0.2) is 4.79 Å². The summed E-state index contributed by atoms with van der Waals surface area (Å²) in [4.78, 5) is 29.8. The summed E-state index contributed by atoms with van der Waals surface area (Å²) in [6, 6.07) is 7.03. The lowest BCUT2D eigenvalue weighted by Crippen LogP contribution is -2.37. The molecule has 2 rings (SSSR count). The molecule has 1 amide bonds. The predicted octanol–water partition coefficient (Wildman–Crippen LogP) is 2.60. The number of nitrogens with zero attached hydrogens (tertiary/aromatic N) is 2. The number of piperidine rings is 1. The number of carbonyl (C=O) groups is 2. The molecule has 1 aliphatic rings. The lowest BCUT2D eigenvalue weighted by molar-refractivity contribution is -0.128. The van der Waals surface area contributed by atoms with Gasteiger partial charge in [-0.1, -0.05) is 17.3 Å². The van der Waals surface area contributed by atoms with Crippen molar-refractivity contribution >= 4 is 33.5 Å². The van der Waals surface area contributed by atoms with Gasteiger partial charge in [-0.2, -0.15) is 0 Å². The van der Waals surface area contributed by atoms with Crippen molar-refractivity contribution < 1.29 is 14.4 Å². The van der Waals surface area contributed by atoms with Gasteiger partial charge in [0.1, 0.15) is 0 Å². The molecule has 1 aromatic rings. The summed E-state index contributed by atoms with van der Waals surface area (Å²) in [5, 5.41) is 3.90. The molecule has 20 heavy (non-hydrogen) atoms. The van der Waals surface area contributed by atoms with Crippen molar-refractivity contribution in [3.05, 3.63) is 34.3 Å². The van der Waals surface area contributed by atoms with Crippen LogP contribution in [0.15, 0.2) is 33.9 Å². The normalized spacial score (nSPS) is 14.9. The first-order valence-electron chi connectivity index (χ1n) is 6.35. The maximum absolute atomic E-state index is 11.9. The van der Waals surface area contributed by atoms with E-state index >= 15 is 0 Å². The molecule has 1 fully saturated rings. The highest BCUT2D eigenvalue weighted by Crippen LogP contribution is 2.17. The molecular weight excluding hydrogens is 324 g/mol. The van der Waals surface area contributed by atoms with E-state index in [4.69, 9.17) is 4.84 Å². The number of oxime groups is 1. The van der Waals surface area contributed by atoms with Crippen LogP contribution in [0.2, 0.25) is 0 Å². The molecule has 6 heteroatoms. The Morgan fingerprint density at radius 3 is 2.50 bits per heavy atom. The minimum atomic E-state index is -0.487. The van der Waals surface area contributed by atoms with Crippen molar-refractivity contribution in [2.24, 2.45) is 5.16 Å². The van der Waals surface area contributed by atoms with Crippen LogP contribution in [-0.2, 0) is 9.63 Å². The van der Waals surface area contributed by atoms with E-state index in [9.17, 15) is 9.59 Å². The molecule has 0 N–H and O–H groups in total. The number of hydrogen-bond donors (Lipinski definition) is 0. The summed E-state index contributed by atoms with van der Waals surface area (Å²) in [5.41, 5.74) is 1.25. The largest absolute Gasteiger partial charge is 0.366 e. The van der Waals surface area contributed by atoms with Crippen LogP contribution in [0.5, 0.6) is 0 Å². The van der Waals surface area contributed by atoms with Crippen LogP contribution in [0.4, 0.5) is 0 Å². The average molecular weight is 339 g/mol. The van der Waals surface area contributed by atoms with Gasteiger partial charge in [0, 0.05) is 37.3 Å². The highest BCUT2D eigenvalue weighted by molar-refractivity contribution is 9.10. The first-order valence-corrected chi connectivity index (χ1v) is 7.14. The summed E-state index contributed by atoms with van der Waals surface area (Å²) >= 11 is 3.29. The molecule has 0 saturated carbocycles. The van der Waals surface area contributed by atoms with Gasteiger partial charge < -0.3 is 9.74 Å². The Morgan fingerprint density at radius 2 is 1.90 bits per heavy atom. The van der Waals surface area contributed by atoms with Gasteiger partial charge in [-0.3, -0.25) is 4.79 Å². The third-order valence-electron chi connectivity index (χ3n) is 3.14. The van der Waals surface area contributed by atoms with Crippen LogP contribution in [0, 0.1) is 0 Å². The second kappa shape index (κ2) is 6.65. The molecule has 0 radical (unpaired) electrons. The van der Waals surface area contributed by atoms with Crippen LogP contribution < -0.4 is 0 Å². The van der Waals surface area contributed by atoms with Crippen molar-refractivity contribution in [3.8, 4) is 0 Å². The lowest BCUT2D eigenvalue weighted by atomic mass is 10.1. The molecule has 1 saturated heterocycles. The van der Waals surface area contributed by atoms with E-state index < -0.39 is 5.97 Å². The lowest BCUT2D eigenvalue weighted by Gasteiger charge is -2.25. The van der Waals surface area contributed by atoms with Crippen molar-refractivity contribution in [1.82, 2.24) is 4.90 Å². The van der Waals surface area contributed by atoms with Gasteiger partial charge in [-0.05, 0) is 28.1 Å². The number of hydrogen-bond acceptors (Lipinski definition) is 4. The molecule has 0 bridgehead atoms. The van der Waals surface area contributed by atoms with Crippen LogP contribution in [-0.4, -0.2) is 35.6 Å². The Bertz CT molecular complexity index is 547. The van der Waals surface area contributed by atoms with Crippen molar-refractivity contribution in [2.45, 2.75) is 19.8 Å². The van der Waals surface area contributed by atoms with E-state index in [1.807, 2.05) is 6.07 Å². The minimum absolute atomic E-state index is 0.0641. The van der Waals surface area contributed by atoms with E-state index in [0.29, 0.717) is 36.0 Å². The average Bonchev–Trinajstić information content (AvgIpc) is 2.45. The van der Waals surface area contributed by atoms with Gasteiger partial charge in [0.25, 0.3) is 0 Å². The molecule has 5 nitrogen and oxygen atoms in total. The van der Waals surface area contributed by atoms with Crippen molar-refractivity contribution in [2.75, 3.05) is 13.1 Å². The highest BCUT2D eigenvalue weighted by atomic mass is 79.9. The monoisotopic (exact) mass is 338 g/mol. The van der Waals surface area contributed by atoms with E-state index in [0.717, 1.165) is 5.71 Å². The fourth-order valence-electron chi connectivity index (χ4n) is 1.95. The van der Waals surface area contributed by atoms with Crippen LogP contribution in [0.25, 0.3) is 0 Å². The number of amides is 1. The number of rotatable bonds is 2. The van der Waals surface area contributed by atoms with Gasteiger partial charge in [-0.15, -0.1) is 0 Å². The summed E-state index contributed by atoms with van der Waals surface area (Å²) in [6.07, 6.45) is 1.28. The Balaban J connectivity index is 1.92. The molecule has 0 atom stereocenters. The Hall–Kier alpha value is -1.69. The van der Waals surface area contributed by atoms with Crippen LogP contribution in [0.1, 0.15) is 30.1 Å². The number of halogens is 1. The third-order valence-corrected chi connectivity index (χ3v) is 3.83. The maximum atomic E-state index is 11.9. The zero-order chi connectivity index (χ0) is 14.5.